The third-order valence-corrected chi connectivity index (χ3v) is 4.05. The van der Waals surface area contributed by atoms with E-state index < -0.39 is 11.6 Å². The van der Waals surface area contributed by atoms with Crippen molar-refractivity contribution in [1.29, 1.82) is 0 Å². The molecule has 0 spiro atoms. The van der Waals surface area contributed by atoms with Gasteiger partial charge in [-0.2, -0.15) is 0 Å². The molecule has 124 valence electrons. The zero-order valence-electron chi connectivity index (χ0n) is 14.1. The highest BCUT2D eigenvalue weighted by atomic mass is 16.6. The second-order valence-corrected chi connectivity index (χ2v) is 5.85. The SMILES string of the molecule is C=C(C)C(=O)OC(CC)(CC(=O)c1ccccc1)c1ccccc1. The lowest BCUT2D eigenvalue weighted by Gasteiger charge is -2.33. The van der Waals surface area contributed by atoms with Crippen LogP contribution in [-0.2, 0) is 15.1 Å². The van der Waals surface area contributed by atoms with Gasteiger partial charge in [0, 0.05) is 11.1 Å². The van der Waals surface area contributed by atoms with Crippen LogP contribution in [0.3, 0.4) is 0 Å². The number of Topliss-reactive ketones (excluding diaryl/α,β-unsaturated/α-hetero) is 1. The zero-order chi connectivity index (χ0) is 17.6. The molecule has 2 aromatic carbocycles. The van der Waals surface area contributed by atoms with E-state index >= 15 is 0 Å². The van der Waals surface area contributed by atoms with E-state index in [4.69, 9.17) is 4.74 Å². The van der Waals surface area contributed by atoms with Gasteiger partial charge in [-0.05, 0) is 18.9 Å². The lowest BCUT2D eigenvalue weighted by atomic mass is 9.84. The molecule has 0 aliphatic carbocycles. The maximum absolute atomic E-state index is 12.7. The third-order valence-electron chi connectivity index (χ3n) is 4.05. The average molecular weight is 322 g/mol. The number of carbonyl (C=O) groups excluding carboxylic acids is 2. The van der Waals surface area contributed by atoms with Crippen molar-refractivity contribution in [3.8, 4) is 0 Å². The van der Waals surface area contributed by atoms with Crippen LogP contribution in [0.25, 0.3) is 0 Å². The average Bonchev–Trinajstić information content (AvgIpc) is 2.62. The summed E-state index contributed by atoms with van der Waals surface area (Å²) < 4.78 is 5.77. The second-order valence-electron chi connectivity index (χ2n) is 5.85. The number of carbonyl (C=O) groups is 2. The standard InChI is InChI=1S/C21H22O3/c1-4-21(24-20(23)16(2)3,18-13-9-6-10-14-18)15-19(22)17-11-7-5-8-12-17/h5-14H,2,4,15H2,1,3H3. The van der Waals surface area contributed by atoms with Crippen LogP contribution in [0.1, 0.15) is 42.6 Å². The number of rotatable bonds is 7. The highest BCUT2D eigenvalue weighted by Gasteiger charge is 2.37. The number of ketones is 1. The fourth-order valence-corrected chi connectivity index (χ4v) is 2.59. The van der Waals surface area contributed by atoms with Crippen molar-refractivity contribution in [2.45, 2.75) is 32.3 Å². The summed E-state index contributed by atoms with van der Waals surface area (Å²) in [5.41, 5.74) is 0.740. The van der Waals surface area contributed by atoms with Crippen LogP contribution in [-0.4, -0.2) is 11.8 Å². The molecule has 0 aliphatic rings. The van der Waals surface area contributed by atoms with Gasteiger partial charge in [0.2, 0.25) is 0 Å². The lowest BCUT2D eigenvalue weighted by Crippen LogP contribution is -2.34. The van der Waals surface area contributed by atoms with Crippen molar-refractivity contribution in [2.75, 3.05) is 0 Å². The fourth-order valence-electron chi connectivity index (χ4n) is 2.59. The van der Waals surface area contributed by atoms with E-state index in [1.54, 1.807) is 19.1 Å². The summed E-state index contributed by atoms with van der Waals surface area (Å²) in [5.74, 6) is -0.544. The molecule has 0 heterocycles. The van der Waals surface area contributed by atoms with Gasteiger partial charge in [-0.15, -0.1) is 0 Å². The van der Waals surface area contributed by atoms with Crippen molar-refractivity contribution in [2.24, 2.45) is 0 Å². The Bertz CT molecular complexity index is 719. The predicted molar refractivity (Wildman–Crippen MR) is 94.7 cm³/mol. The van der Waals surface area contributed by atoms with Gasteiger partial charge in [0.1, 0.15) is 5.60 Å². The van der Waals surface area contributed by atoms with Gasteiger partial charge in [0.05, 0.1) is 6.42 Å². The molecule has 1 unspecified atom stereocenters. The maximum atomic E-state index is 12.7. The monoisotopic (exact) mass is 322 g/mol. The number of benzene rings is 2. The Labute approximate surface area is 143 Å². The van der Waals surface area contributed by atoms with E-state index in [9.17, 15) is 9.59 Å². The smallest absolute Gasteiger partial charge is 0.334 e. The summed E-state index contributed by atoms with van der Waals surface area (Å²) in [6.45, 7) is 7.16. The van der Waals surface area contributed by atoms with Gasteiger partial charge in [-0.1, -0.05) is 74.2 Å². The van der Waals surface area contributed by atoms with Crippen molar-refractivity contribution >= 4 is 11.8 Å². The fraction of sp³-hybridized carbons (Fsp3) is 0.238. The van der Waals surface area contributed by atoms with Crippen LogP contribution in [0.5, 0.6) is 0 Å². The van der Waals surface area contributed by atoms with Crippen molar-refractivity contribution in [3.63, 3.8) is 0 Å². The summed E-state index contributed by atoms with van der Waals surface area (Å²) >= 11 is 0. The van der Waals surface area contributed by atoms with E-state index in [-0.39, 0.29) is 12.2 Å². The molecule has 0 fully saturated rings. The first kappa shape index (κ1) is 17.7. The quantitative estimate of drug-likeness (QED) is 0.422. The molecule has 0 saturated carbocycles. The third kappa shape index (κ3) is 3.99. The Morgan fingerprint density at radius 3 is 2.04 bits per heavy atom. The summed E-state index contributed by atoms with van der Waals surface area (Å²) in [4.78, 5) is 24.9. The van der Waals surface area contributed by atoms with Gasteiger partial charge in [-0.3, -0.25) is 4.79 Å². The first-order valence-corrected chi connectivity index (χ1v) is 8.01. The molecule has 1 atom stereocenters. The van der Waals surface area contributed by atoms with Gasteiger partial charge in [0.25, 0.3) is 0 Å². The Kier molecular flexibility index (Phi) is 5.69. The minimum absolute atomic E-state index is 0.0594. The topological polar surface area (TPSA) is 43.4 Å². The highest BCUT2D eigenvalue weighted by Crippen LogP contribution is 2.35. The summed E-state index contributed by atoms with van der Waals surface area (Å²) in [5, 5.41) is 0. The minimum atomic E-state index is -0.996. The number of ether oxygens (including phenoxy) is 1. The predicted octanol–water partition coefficient (Wildman–Crippen LogP) is 4.68. The summed E-state index contributed by atoms with van der Waals surface area (Å²) in [6.07, 6.45) is 0.588. The minimum Gasteiger partial charge on any atom is -0.450 e. The molecule has 0 bridgehead atoms. The number of esters is 1. The second kappa shape index (κ2) is 7.73. The molecular weight excluding hydrogens is 300 g/mol. The molecule has 0 aromatic heterocycles. The molecule has 2 aromatic rings. The molecule has 0 aliphatic heterocycles. The molecule has 24 heavy (non-hydrogen) atoms. The molecule has 3 heteroatoms. The highest BCUT2D eigenvalue weighted by molar-refractivity contribution is 5.97. The summed E-state index contributed by atoms with van der Waals surface area (Å²) in [6, 6.07) is 18.5. The van der Waals surface area contributed by atoms with E-state index in [1.165, 1.54) is 0 Å². The van der Waals surface area contributed by atoms with Gasteiger partial charge < -0.3 is 4.74 Å². The number of hydrogen-bond donors (Lipinski definition) is 0. The first-order chi connectivity index (χ1) is 11.5. The van der Waals surface area contributed by atoms with Crippen LogP contribution in [0, 0.1) is 0 Å². The maximum Gasteiger partial charge on any atom is 0.334 e. The van der Waals surface area contributed by atoms with Crippen LogP contribution >= 0.6 is 0 Å². The van der Waals surface area contributed by atoms with Gasteiger partial charge in [-0.25, -0.2) is 4.79 Å². The number of hydrogen-bond acceptors (Lipinski definition) is 3. The van der Waals surface area contributed by atoms with Crippen molar-refractivity contribution in [3.05, 3.63) is 83.9 Å². The Morgan fingerprint density at radius 1 is 1.00 bits per heavy atom. The molecule has 3 nitrogen and oxygen atoms in total. The summed E-state index contributed by atoms with van der Waals surface area (Å²) in [7, 11) is 0. The molecule has 0 radical (unpaired) electrons. The van der Waals surface area contributed by atoms with E-state index in [1.807, 2.05) is 55.5 Å². The van der Waals surface area contributed by atoms with Crippen LogP contribution in [0.2, 0.25) is 0 Å². The van der Waals surface area contributed by atoms with Crippen LogP contribution < -0.4 is 0 Å². The Morgan fingerprint density at radius 2 is 1.54 bits per heavy atom. The molecule has 0 saturated heterocycles. The zero-order valence-corrected chi connectivity index (χ0v) is 14.1. The molecular formula is C21H22O3. The molecule has 2 rings (SSSR count). The van der Waals surface area contributed by atoms with Crippen molar-refractivity contribution in [1.82, 2.24) is 0 Å². The Hall–Kier alpha value is -2.68. The van der Waals surface area contributed by atoms with Gasteiger partial charge in [0.15, 0.2) is 5.78 Å². The largest absolute Gasteiger partial charge is 0.450 e. The van der Waals surface area contributed by atoms with E-state index in [0.29, 0.717) is 17.6 Å². The Balaban J connectivity index is 2.40. The van der Waals surface area contributed by atoms with E-state index in [0.717, 1.165) is 5.56 Å². The first-order valence-electron chi connectivity index (χ1n) is 8.01. The van der Waals surface area contributed by atoms with Gasteiger partial charge >= 0.3 is 5.97 Å². The lowest BCUT2D eigenvalue weighted by molar-refractivity contribution is -0.156. The van der Waals surface area contributed by atoms with Crippen LogP contribution in [0.15, 0.2) is 72.8 Å². The van der Waals surface area contributed by atoms with E-state index in [2.05, 4.69) is 6.58 Å². The molecule has 0 amide bonds. The van der Waals surface area contributed by atoms with Crippen LogP contribution in [0.4, 0.5) is 0 Å². The van der Waals surface area contributed by atoms with Crippen molar-refractivity contribution < 1.29 is 14.3 Å². The molecule has 0 N–H and O–H groups in total. The normalized spacial score (nSPS) is 12.9.